The number of nitrogens with one attached hydrogen (secondary N) is 3. The highest BCUT2D eigenvalue weighted by molar-refractivity contribution is 7.89. The van der Waals surface area contributed by atoms with Crippen LogP contribution in [0, 0.1) is 13.8 Å². The number of amides is 2. The second-order valence-electron chi connectivity index (χ2n) is 6.03. The lowest BCUT2D eigenvalue weighted by Crippen LogP contribution is -2.42. The SMILES string of the molecule is Cc1ccc(S(=O)(=O)NCC(=O)NCC(=O)NCCc2ccco2)cc1C. The molecule has 146 valence electrons. The summed E-state index contributed by atoms with van der Waals surface area (Å²) in [5.41, 5.74) is 1.82. The topological polar surface area (TPSA) is 118 Å². The average Bonchev–Trinajstić information content (AvgIpc) is 3.14. The quantitative estimate of drug-likeness (QED) is 0.578. The largest absolute Gasteiger partial charge is 0.469 e. The van der Waals surface area contributed by atoms with E-state index >= 15 is 0 Å². The molecule has 2 rings (SSSR count). The van der Waals surface area contributed by atoms with Gasteiger partial charge >= 0.3 is 0 Å². The zero-order chi connectivity index (χ0) is 19.9. The van der Waals surface area contributed by atoms with E-state index in [4.69, 9.17) is 4.42 Å². The van der Waals surface area contributed by atoms with E-state index in [0.717, 1.165) is 16.9 Å². The van der Waals surface area contributed by atoms with Crippen LogP contribution in [0.3, 0.4) is 0 Å². The molecule has 0 unspecified atom stereocenters. The van der Waals surface area contributed by atoms with E-state index in [1.54, 1.807) is 30.5 Å². The zero-order valence-corrected chi connectivity index (χ0v) is 16.1. The molecule has 0 atom stereocenters. The van der Waals surface area contributed by atoms with Gasteiger partial charge in [-0.1, -0.05) is 6.07 Å². The van der Waals surface area contributed by atoms with Gasteiger partial charge in [0.1, 0.15) is 5.76 Å². The molecule has 0 radical (unpaired) electrons. The number of sulfonamides is 1. The van der Waals surface area contributed by atoms with Gasteiger partial charge in [0, 0.05) is 13.0 Å². The number of hydrogen-bond acceptors (Lipinski definition) is 5. The Labute approximate surface area is 158 Å². The summed E-state index contributed by atoms with van der Waals surface area (Å²) in [6.07, 6.45) is 2.10. The van der Waals surface area contributed by atoms with Gasteiger partial charge in [-0.2, -0.15) is 0 Å². The van der Waals surface area contributed by atoms with Crippen LogP contribution in [0.2, 0.25) is 0 Å². The standard InChI is InChI=1S/C18H23N3O5S/c1-13-5-6-16(10-14(13)2)27(24,25)21-12-18(23)20-11-17(22)19-8-7-15-4-3-9-26-15/h3-6,9-10,21H,7-8,11-12H2,1-2H3,(H,19,22)(H,20,23). The Balaban J connectivity index is 1.71. The number of furan rings is 1. The number of carbonyl (C=O) groups excluding carboxylic acids is 2. The Bertz CT molecular complexity index is 892. The molecule has 0 spiro atoms. The van der Waals surface area contributed by atoms with Crippen molar-refractivity contribution in [3.63, 3.8) is 0 Å². The van der Waals surface area contributed by atoms with E-state index in [0.29, 0.717) is 13.0 Å². The molecule has 1 heterocycles. The predicted octanol–water partition coefficient (Wildman–Crippen LogP) is 0.650. The summed E-state index contributed by atoms with van der Waals surface area (Å²) in [5, 5.41) is 5.00. The minimum Gasteiger partial charge on any atom is -0.469 e. The fourth-order valence-corrected chi connectivity index (χ4v) is 3.28. The number of benzene rings is 1. The van der Waals surface area contributed by atoms with Crippen molar-refractivity contribution in [3.05, 3.63) is 53.5 Å². The molecule has 0 aliphatic rings. The zero-order valence-electron chi connectivity index (χ0n) is 15.2. The van der Waals surface area contributed by atoms with Crippen molar-refractivity contribution in [3.8, 4) is 0 Å². The molecule has 0 saturated carbocycles. The van der Waals surface area contributed by atoms with Crippen molar-refractivity contribution in [2.45, 2.75) is 25.2 Å². The fraction of sp³-hybridized carbons (Fsp3) is 0.333. The highest BCUT2D eigenvalue weighted by Gasteiger charge is 2.16. The van der Waals surface area contributed by atoms with Crippen LogP contribution in [0.4, 0.5) is 0 Å². The molecule has 0 bridgehead atoms. The Morgan fingerprint density at radius 2 is 1.74 bits per heavy atom. The van der Waals surface area contributed by atoms with Crippen LogP contribution in [0.5, 0.6) is 0 Å². The van der Waals surface area contributed by atoms with Crippen molar-refractivity contribution < 1.29 is 22.4 Å². The second-order valence-corrected chi connectivity index (χ2v) is 7.79. The van der Waals surface area contributed by atoms with Crippen LogP contribution in [-0.4, -0.2) is 39.9 Å². The fourth-order valence-electron chi connectivity index (χ4n) is 2.21. The predicted molar refractivity (Wildman–Crippen MR) is 99.5 cm³/mol. The van der Waals surface area contributed by atoms with E-state index in [1.165, 1.54) is 6.07 Å². The van der Waals surface area contributed by atoms with Gasteiger partial charge in [0.15, 0.2) is 0 Å². The highest BCUT2D eigenvalue weighted by Crippen LogP contribution is 2.14. The normalized spacial score (nSPS) is 11.2. The van der Waals surface area contributed by atoms with E-state index in [9.17, 15) is 18.0 Å². The summed E-state index contributed by atoms with van der Waals surface area (Å²) >= 11 is 0. The minimum absolute atomic E-state index is 0.0917. The third-order valence-electron chi connectivity index (χ3n) is 3.93. The van der Waals surface area contributed by atoms with Crippen LogP contribution in [-0.2, 0) is 26.0 Å². The van der Waals surface area contributed by atoms with Gasteiger partial charge in [-0.15, -0.1) is 0 Å². The molecule has 9 heteroatoms. The van der Waals surface area contributed by atoms with Crippen LogP contribution in [0.15, 0.2) is 45.9 Å². The maximum absolute atomic E-state index is 12.2. The molecule has 8 nitrogen and oxygen atoms in total. The Hall–Kier alpha value is -2.65. The van der Waals surface area contributed by atoms with Gasteiger partial charge in [-0.3, -0.25) is 9.59 Å². The molecule has 1 aromatic heterocycles. The molecule has 2 amide bonds. The summed E-state index contributed by atoms with van der Waals surface area (Å²) in [4.78, 5) is 23.5. The first-order valence-corrected chi connectivity index (χ1v) is 9.89. The summed E-state index contributed by atoms with van der Waals surface area (Å²) in [5.74, 6) is -0.212. The number of hydrogen-bond donors (Lipinski definition) is 3. The third-order valence-corrected chi connectivity index (χ3v) is 5.33. The summed E-state index contributed by atoms with van der Waals surface area (Å²) in [7, 11) is -3.79. The Kier molecular flexibility index (Phi) is 7.14. The van der Waals surface area contributed by atoms with Crippen molar-refractivity contribution >= 4 is 21.8 Å². The van der Waals surface area contributed by atoms with E-state index in [-0.39, 0.29) is 17.3 Å². The first-order chi connectivity index (χ1) is 12.8. The molecule has 2 aromatic rings. The van der Waals surface area contributed by atoms with Gasteiger partial charge in [0.05, 0.1) is 24.2 Å². The Morgan fingerprint density at radius 3 is 2.41 bits per heavy atom. The van der Waals surface area contributed by atoms with Crippen molar-refractivity contribution in [1.29, 1.82) is 0 Å². The van der Waals surface area contributed by atoms with Crippen LogP contribution >= 0.6 is 0 Å². The first-order valence-electron chi connectivity index (χ1n) is 8.40. The van der Waals surface area contributed by atoms with E-state index in [1.807, 2.05) is 13.8 Å². The molecule has 27 heavy (non-hydrogen) atoms. The molecular weight excluding hydrogens is 370 g/mol. The smallest absolute Gasteiger partial charge is 0.241 e. The van der Waals surface area contributed by atoms with Gasteiger partial charge in [-0.25, -0.2) is 13.1 Å². The van der Waals surface area contributed by atoms with E-state index in [2.05, 4.69) is 15.4 Å². The van der Waals surface area contributed by atoms with Crippen LogP contribution < -0.4 is 15.4 Å². The molecule has 0 saturated heterocycles. The number of rotatable bonds is 9. The van der Waals surface area contributed by atoms with Crippen molar-refractivity contribution in [2.75, 3.05) is 19.6 Å². The lowest BCUT2D eigenvalue weighted by atomic mass is 10.1. The van der Waals surface area contributed by atoms with Crippen LogP contribution in [0.1, 0.15) is 16.9 Å². The third kappa shape index (κ3) is 6.54. The van der Waals surface area contributed by atoms with Gasteiger partial charge < -0.3 is 15.1 Å². The maximum Gasteiger partial charge on any atom is 0.241 e. The maximum atomic E-state index is 12.2. The second kappa shape index (κ2) is 9.33. The van der Waals surface area contributed by atoms with Gasteiger partial charge in [0.2, 0.25) is 21.8 Å². The van der Waals surface area contributed by atoms with Gasteiger partial charge in [-0.05, 0) is 49.2 Å². The molecule has 3 N–H and O–H groups in total. The molecule has 1 aromatic carbocycles. The lowest BCUT2D eigenvalue weighted by molar-refractivity contribution is -0.125. The highest BCUT2D eigenvalue weighted by atomic mass is 32.2. The van der Waals surface area contributed by atoms with E-state index < -0.39 is 22.5 Å². The monoisotopic (exact) mass is 393 g/mol. The van der Waals surface area contributed by atoms with Crippen molar-refractivity contribution in [2.24, 2.45) is 0 Å². The molecule has 0 fully saturated rings. The first kappa shape index (κ1) is 20.7. The molecule has 0 aliphatic heterocycles. The van der Waals surface area contributed by atoms with Crippen molar-refractivity contribution in [1.82, 2.24) is 15.4 Å². The lowest BCUT2D eigenvalue weighted by Gasteiger charge is -2.09. The summed E-state index contributed by atoms with van der Waals surface area (Å²) in [6, 6.07) is 8.29. The van der Waals surface area contributed by atoms with Crippen LogP contribution in [0.25, 0.3) is 0 Å². The summed E-state index contributed by atoms with van der Waals surface area (Å²) in [6.45, 7) is 3.39. The Morgan fingerprint density at radius 1 is 1.00 bits per heavy atom. The average molecular weight is 393 g/mol. The number of carbonyl (C=O) groups is 2. The minimum atomic E-state index is -3.79. The van der Waals surface area contributed by atoms with Gasteiger partial charge in [0.25, 0.3) is 0 Å². The molecular formula is C18H23N3O5S. The summed E-state index contributed by atoms with van der Waals surface area (Å²) < 4.78 is 31.8. The molecule has 0 aliphatic carbocycles. The number of aryl methyl sites for hydroxylation is 2.